The van der Waals surface area contributed by atoms with Crippen LogP contribution in [0, 0.1) is 23.3 Å². The molecule has 90 heavy (non-hydrogen) atoms. The summed E-state index contributed by atoms with van der Waals surface area (Å²) in [5, 5.41) is 45.7. The van der Waals surface area contributed by atoms with Crippen LogP contribution in [-0.2, 0) is 57.2 Å². The summed E-state index contributed by atoms with van der Waals surface area (Å²) < 4.78 is 84.4. The first-order valence-electron chi connectivity index (χ1n) is 27.9. The van der Waals surface area contributed by atoms with Crippen LogP contribution >= 0.6 is 0 Å². The van der Waals surface area contributed by atoms with Crippen molar-refractivity contribution in [2.24, 2.45) is 5.73 Å². The van der Waals surface area contributed by atoms with Crippen molar-refractivity contribution in [1.29, 1.82) is 0 Å². The minimum absolute atomic E-state index is 0. The van der Waals surface area contributed by atoms with Gasteiger partial charge in [0.25, 0.3) is 11.8 Å². The molecule has 0 aliphatic rings. The van der Waals surface area contributed by atoms with E-state index in [4.69, 9.17) is 39.3 Å². The molecule has 6 atom stereocenters. The largest absolute Gasteiger partial charge is 0.480 e. The minimum Gasteiger partial charge on any atom is -0.480 e. The molecule has 0 aliphatic carbocycles. The highest BCUT2D eigenvalue weighted by Gasteiger charge is 2.29. The Morgan fingerprint density at radius 3 is 1.13 bits per heavy atom. The molecular formula is C61H86F4N8O17. The number of halogens is 4. The van der Waals surface area contributed by atoms with Gasteiger partial charge >= 0.3 is 18.2 Å². The van der Waals surface area contributed by atoms with Gasteiger partial charge in [-0.15, -0.1) is 0 Å². The monoisotopic (exact) mass is 1280 g/mol. The highest BCUT2D eigenvalue weighted by atomic mass is 19.1. The van der Waals surface area contributed by atoms with E-state index in [1.165, 1.54) is 13.8 Å². The first kappa shape index (κ1) is 79.7. The van der Waals surface area contributed by atoms with E-state index in [9.17, 15) is 66.1 Å². The average Bonchev–Trinajstić information content (AvgIpc) is 2.44. The molecule has 0 spiro atoms. The van der Waals surface area contributed by atoms with Crippen LogP contribution in [0.4, 0.5) is 27.2 Å². The fraction of sp³-hybridized carbons (Fsp3) is 0.475. The van der Waals surface area contributed by atoms with E-state index in [1.54, 1.807) is 71.9 Å². The average molecular weight is 1280 g/mol. The van der Waals surface area contributed by atoms with Crippen LogP contribution in [0.1, 0.15) is 109 Å². The van der Waals surface area contributed by atoms with Crippen molar-refractivity contribution >= 4 is 47.7 Å². The standard InChI is InChI=1S/C30H40F2N4O8.C19H31N3O5.C11H11F2NO4.CH4/c1-19(35-28(40)25(37)21-16-22(31)18-23(32)17-21)26(38)36-24(20-8-6-5-7-9-20)27(39)33-10-12-42-14-15-43-13-11-34-29(41)44-30(2,3)4;1-19(2,3)27-18(24)22-10-12-26-14-13-25-11-9-21-17(23)16(20)15-7-5-4-6-8-15;1-5(11(17)18)14-10(16)9(15)6-2-7(12)4-8(13)3-6;/h5-9,16-19,24-25,37H,10-15H2,1-4H3,(H,33,39)(H,34,41)(H,35,40)(H,36,38);4-8,16H,9-14,20H2,1-3H3,(H,21,23)(H,22,24);2-5,9,15H,1H3,(H,14,16)(H,17,18);1H4/t19-,24-,25?;16-;5-,9?;/m000./s1. The molecule has 0 radical (unpaired) electrons. The minimum atomic E-state index is -1.93. The zero-order valence-electron chi connectivity index (χ0n) is 50.8. The fourth-order valence-corrected chi connectivity index (χ4v) is 6.93. The van der Waals surface area contributed by atoms with Gasteiger partial charge in [0.1, 0.15) is 58.6 Å². The second-order valence-corrected chi connectivity index (χ2v) is 21.1. The SMILES string of the molecule is C.CC(C)(C)OC(=O)NCCOCCOCCNC(=O)[C@@H](N)c1ccccc1.C[C@H](NC(=O)C(O)c1cc(F)cc(F)c1)C(=O)N[C@H](C(=O)NCCOCCOCCNC(=O)OC(C)(C)C)c1ccccc1.C[C@H](NC(=O)C(O)c1cc(F)cc(F)c1)C(=O)O. The van der Waals surface area contributed by atoms with E-state index in [0.717, 1.165) is 29.8 Å². The number of amides is 7. The van der Waals surface area contributed by atoms with Crippen LogP contribution in [0.2, 0.25) is 0 Å². The van der Waals surface area contributed by atoms with Crippen LogP contribution in [0.15, 0.2) is 97.1 Å². The molecule has 4 aromatic rings. The number of alkyl carbamates (subject to hydrolysis) is 2. The lowest BCUT2D eigenvalue weighted by Gasteiger charge is -2.22. The van der Waals surface area contributed by atoms with Gasteiger partial charge in [-0.3, -0.25) is 28.8 Å². The number of carboxylic acid groups (broad SMARTS) is 1. The highest BCUT2D eigenvalue weighted by molar-refractivity contribution is 5.93. The van der Waals surface area contributed by atoms with Crippen molar-refractivity contribution in [2.45, 2.75) is 110 Å². The van der Waals surface area contributed by atoms with Gasteiger partial charge in [0.2, 0.25) is 17.7 Å². The van der Waals surface area contributed by atoms with E-state index in [0.29, 0.717) is 57.2 Å². The van der Waals surface area contributed by atoms with E-state index in [-0.39, 0.29) is 64.0 Å². The molecular weight excluding hydrogens is 1190 g/mol. The Labute approximate surface area is 520 Å². The Bertz CT molecular complexity index is 2810. The second-order valence-electron chi connectivity index (χ2n) is 21.1. The molecule has 29 heteroatoms. The summed E-state index contributed by atoms with van der Waals surface area (Å²) in [5.74, 6) is -8.74. The van der Waals surface area contributed by atoms with Crippen molar-refractivity contribution < 1.29 is 99.7 Å². The van der Waals surface area contributed by atoms with Crippen molar-refractivity contribution in [3.63, 3.8) is 0 Å². The molecule has 0 saturated heterocycles. The molecule has 12 N–H and O–H groups in total. The Balaban J connectivity index is 0.000000746. The van der Waals surface area contributed by atoms with Crippen molar-refractivity contribution in [3.8, 4) is 0 Å². The number of aliphatic hydroxyl groups excluding tert-OH is 2. The van der Waals surface area contributed by atoms with Gasteiger partial charge in [-0.25, -0.2) is 27.2 Å². The second kappa shape index (κ2) is 41.8. The first-order valence-corrected chi connectivity index (χ1v) is 27.9. The number of nitrogens with one attached hydrogen (secondary N) is 7. The maximum absolute atomic E-state index is 13.5. The number of hydrogen-bond acceptors (Lipinski definition) is 17. The summed E-state index contributed by atoms with van der Waals surface area (Å²) in [5.41, 5.74) is 5.42. The molecule has 4 aromatic carbocycles. The summed E-state index contributed by atoms with van der Waals surface area (Å²) in [6, 6.07) is 17.7. The van der Waals surface area contributed by atoms with Gasteiger partial charge in [-0.05, 0) is 102 Å². The molecule has 0 fully saturated rings. The molecule has 4 rings (SSSR count). The Morgan fingerprint density at radius 1 is 0.444 bits per heavy atom. The quantitative estimate of drug-likeness (QED) is 0.0242. The third-order valence-corrected chi connectivity index (χ3v) is 11.2. The molecule has 25 nitrogen and oxygen atoms in total. The molecule has 0 aromatic heterocycles. The van der Waals surface area contributed by atoms with Crippen molar-refractivity contribution in [3.05, 3.63) is 143 Å². The van der Waals surface area contributed by atoms with E-state index >= 15 is 0 Å². The van der Waals surface area contributed by atoms with E-state index in [1.807, 2.05) is 35.6 Å². The number of carbonyl (C=O) groups is 8. The number of carbonyl (C=O) groups excluding carboxylic acids is 7. The molecule has 0 saturated carbocycles. The smallest absolute Gasteiger partial charge is 0.407 e. The lowest BCUT2D eigenvalue weighted by molar-refractivity contribution is -0.143. The number of hydrogen-bond donors (Lipinski definition) is 11. The molecule has 0 heterocycles. The number of ether oxygens (including phenoxy) is 6. The lowest BCUT2D eigenvalue weighted by Crippen LogP contribution is -2.50. The normalized spacial score (nSPS) is 12.9. The van der Waals surface area contributed by atoms with Gasteiger partial charge in [0, 0.05) is 38.3 Å². The predicted molar refractivity (Wildman–Crippen MR) is 321 cm³/mol. The maximum Gasteiger partial charge on any atom is 0.407 e. The number of rotatable bonds is 31. The number of carboxylic acids is 1. The molecule has 2 unspecified atom stereocenters. The first-order chi connectivity index (χ1) is 41.9. The Morgan fingerprint density at radius 2 is 0.778 bits per heavy atom. The van der Waals surface area contributed by atoms with Crippen LogP contribution in [0.25, 0.3) is 0 Å². The number of benzene rings is 4. The zero-order valence-corrected chi connectivity index (χ0v) is 50.8. The van der Waals surface area contributed by atoms with Crippen molar-refractivity contribution in [1.82, 2.24) is 37.2 Å². The fourth-order valence-electron chi connectivity index (χ4n) is 6.93. The van der Waals surface area contributed by atoms with Crippen LogP contribution < -0.4 is 43.0 Å². The number of aliphatic carboxylic acids is 1. The molecule has 500 valence electrons. The topological polar surface area (TPSA) is 363 Å². The summed E-state index contributed by atoms with van der Waals surface area (Å²) >= 11 is 0. The van der Waals surface area contributed by atoms with Gasteiger partial charge in [0.05, 0.1) is 52.9 Å². The van der Waals surface area contributed by atoms with Crippen molar-refractivity contribution in [2.75, 3.05) is 79.0 Å². The van der Waals surface area contributed by atoms with E-state index < -0.39 is 113 Å². The Kier molecular flexibility index (Phi) is 37.0. The van der Waals surface area contributed by atoms with Crippen LogP contribution in [-0.4, -0.2) is 165 Å². The van der Waals surface area contributed by atoms with E-state index in [2.05, 4.69) is 31.9 Å². The predicted octanol–water partition coefficient (Wildman–Crippen LogP) is 4.62. The van der Waals surface area contributed by atoms with Gasteiger partial charge in [-0.1, -0.05) is 68.1 Å². The Hall–Kier alpha value is -8.32. The lowest BCUT2D eigenvalue weighted by atomic mass is 10.1. The van der Waals surface area contributed by atoms with Crippen LogP contribution in [0.5, 0.6) is 0 Å². The molecule has 0 bridgehead atoms. The van der Waals surface area contributed by atoms with Gasteiger partial charge < -0.3 is 86.7 Å². The van der Waals surface area contributed by atoms with Gasteiger partial charge in [-0.2, -0.15) is 0 Å². The molecule has 7 amide bonds. The van der Waals surface area contributed by atoms with Gasteiger partial charge in [0.15, 0.2) is 12.2 Å². The maximum atomic E-state index is 13.5. The summed E-state index contributed by atoms with van der Waals surface area (Å²) in [6.45, 7) is 16.8. The third-order valence-electron chi connectivity index (χ3n) is 11.2. The summed E-state index contributed by atoms with van der Waals surface area (Å²) in [6.07, 6.45) is -4.76. The third kappa shape index (κ3) is 34.4. The zero-order chi connectivity index (χ0) is 66.7. The summed E-state index contributed by atoms with van der Waals surface area (Å²) in [7, 11) is 0. The number of nitrogens with two attached hydrogens (primary N) is 1. The number of aliphatic hydroxyl groups is 2. The molecule has 0 aliphatic heterocycles. The van der Waals surface area contributed by atoms with Crippen LogP contribution in [0.3, 0.4) is 0 Å². The summed E-state index contributed by atoms with van der Waals surface area (Å²) in [4.78, 5) is 95.1. The highest BCUT2D eigenvalue weighted by Crippen LogP contribution is 2.19.